The molecule has 1 aromatic heterocycles. The highest BCUT2D eigenvalue weighted by atomic mass is 35.5. The van der Waals surface area contributed by atoms with E-state index in [2.05, 4.69) is 50.3 Å². The number of halogens is 1. The van der Waals surface area contributed by atoms with E-state index in [4.69, 9.17) is 20.8 Å². The number of ether oxygens (including phenoxy) is 1. The van der Waals surface area contributed by atoms with Crippen molar-refractivity contribution in [1.29, 1.82) is 0 Å². The van der Waals surface area contributed by atoms with E-state index >= 15 is 0 Å². The van der Waals surface area contributed by atoms with Crippen molar-refractivity contribution in [2.24, 2.45) is 5.41 Å². The molecule has 0 aliphatic rings. The van der Waals surface area contributed by atoms with Crippen molar-refractivity contribution >= 4 is 20.6 Å². The lowest BCUT2D eigenvalue weighted by atomic mass is 9.86. The molecule has 0 spiro atoms. The van der Waals surface area contributed by atoms with Gasteiger partial charge in [-0.3, -0.25) is 0 Å². The zero-order valence-corrected chi connectivity index (χ0v) is 19.1. The van der Waals surface area contributed by atoms with E-state index in [0.717, 1.165) is 29.2 Å². The van der Waals surface area contributed by atoms with Gasteiger partial charge in [0.1, 0.15) is 0 Å². The van der Waals surface area contributed by atoms with Crippen molar-refractivity contribution in [3.63, 3.8) is 0 Å². The Morgan fingerprint density at radius 3 is 2.56 bits per heavy atom. The van der Waals surface area contributed by atoms with E-state index in [1.54, 1.807) is 0 Å². The molecular formula is C21H32ClN2O2Si. The number of hydrogen-bond donors (Lipinski definition) is 0. The highest BCUT2D eigenvalue weighted by Gasteiger charge is 2.32. The molecule has 0 saturated carbocycles. The van der Waals surface area contributed by atoms with Gasteiger partial charge in [-0.15, -0.1) is 0 Å². The van der Waals surface area contributed by atoms with Crippen LogP contribution in [0.3, 0.4) is 0 Å². The third-order valence-electron chi connectivity index (χ3n) is 4.36. The van der Waals surface area contributed by atoms with Crippen molar-refractivity contribution in [3.05, 3.63) is 52.6 Å². The van der Waals surface area contributed by atoms with Crippen molar-refractivity contribution in [2.75, 3.05) is 6.61 Å². The predicted octanol–water partition coefficient (Wildman–Crippen LogP) is 5.81. The maximum Gasteiger partial charge on any atom is 0.205 e. The van der Waals surface area contributed by atoms with Crippen molar-refractivity contribution < 1.29 is 9.16 Å². The lowest BCUT2D eigenvalue weighted by Gasteiger charge is -2.33. The summed E-state index contributed by atoms with van der Waals surface area (Å²) in [6.07, 6.45) is 2.89. The van der Waals surface area contributed by atoms with Gasteiger partial charge in [0.15, 0.2) is 0 Å². The average molecular weight is 408 g/mol. The minimum absolute atomic E-state index is 0.0189. The van der Waals surface area contributed by atoms with Crippen LogP contribution in [0.25, 0.3) is 0 Å². The largest absolute Gasteiger partial charge is 0.408 e. The van der Waals surface area contributed by atoms with Crippen LogP contribution in [0.15, 0.2) is 30.6 Å². The van der Waals surface area contributed by atoms with Gasteiger partial charge in [-0.05, 0) is 43.5 Å². The van der Waals surface area contributed by atoms with E-state index in [9.17, 15) is 0 Å². The molecule has 0 aliphatic carbocycles. The first-order valence-corrected chi connectivity index (χ1v) is 12.3. The molecule has 2 aromatic rings. The Kier molecular flexibility index (Phi) is 8.10. The van der Waals surface area contributed by atoms with Crippen LogP contribution in [-0.4, -0.2) is 25.2 Å². The van der Waals surface area contributed by atoms with E-state index in [0.29, 0.717) is 13.2 Å². The Hall–Kier alpha value is -1.14. The Balaban J connectivity index is 1.96. The second-order valence-electron chi connectivity index (χ2n) is 8.18. The van der Waals surface area contributed by atoms with E-state index in [-0.39, 0.29) is 11.5 Å². The minimum atomic E-state index is -0.815. The summed E-state index contributed by atoms with van der Waals surface area (Å²) in [5, 5.41) is 0.756. The zero-order chi connectivity index (χ0) is 20.0. The smallest absolute Gasteiger partial charge is 0.205 e. The second kappa shape index (κ2) is 9.87. The van der Waals surface area contributed by atoms with Crippen molar-refractivity contribution in [1.82, 2.24) is 9.55 Å². The fraction of sp³-hybridized carbons (Fsp3) is 0.571. The SMILES string of the molecule is Cc1ncn(CCCOCc2ccccc2Cl)c1C(O[Si](C)C)C(C)(C)C. The van der Waals surface area contributed by atoms with Gasteiger partial charge in [-0.2, -0.15) is 0 Å². The van der Waals surface area contributed by atoms with Gasteiger partial charge in [0, 0.05) is 18.2 Å². The number of aromatic nitrogens is 2. The van der Waals surface area contributed by atoms with Crippen LogP contribution in [-0.2, 0) is 22.3 Å². The van der Waals surface area contributed by atoms with Crippen molar-refractivity contribution in [3.8, 4) is 0 Å². The Bertz CT molecular complexity index is 725. The molecule has 0 N–H and O–H groups in total. The second-order valence-corrected chi connectivity index (χ2v) is 10.6. The fourth-order valence-corrected chi connectivity index (χ4v) is 4.15. The summed E-state index contributed by atoms with van der Waals surface area (Å²) in [7, 11) is -0.815. The Labute approximate surface area is 170 Å². The summed E-state index contributed by atoms with van der Waals surface area (Å²) in [5.74, 6) is 0. The molecule has 1 unspecified atom stereocenters. The van der Waals surface area contributed by atoms with Crippen LogP contribution in [0.1, 0.15) is 50.2 Å². The molecule has 0 saturated heterocycles. The maximum absolute atomic E-state index is 6.37. The molecule has 1 aromatic carbocycles. The van der Waals surface area contributed by atoms with Gasteiger partial charge in [-0.1, -0.05) is 50.6 Å². The van der Waals surface area contributed by atoms with E-state index in [1.807, 2.05) is 30.6 Å². The van der Waals surface area contributed by atoms with Crippen LogP contribution in [0.4, 0.5) is 0 Å². The zero-order valence-electron chi connectivity index (χ0n) is 17.4. The quantitative estimate of drug-likeness (QED) is 0.389. The summed E-state index contributed by atoms with van der Waals surface area (Å²) in [5.41, 5.74) is 3.29. The lowest BCUT2D eigenvalue weighted by Crippen LogP contribution is -2.28. The number of rotatable bonds is 9. The summed E-state index contributed by atoms with van der Waals surface area (Å²) in [4.78, 5) is 4.55. The average Bonchev–Trinajstić information content (AvgIpc) is 2.93. The summed E-state index contributed by atoms with van der Waals surface area (Å²) >= 11 is 6.17. The van der Waals surface area contributed by atoms with Crippen LogP contribution in [0.5, 0.6) is 0 Å². The van der Waals surface area contributed by atoms with Gasteiger partial charge < -0.3 is 13.7 Å². The van der Waals surface area contributed by atoms with Crippen LogP contribution < -0.4 is 0 Å². The Morgan fingerprint density at radius 1 is 1.22 bits per heavy atom. The van der Waals surface area contributed by atoms with Crippen LogP contribution in [0, 0.1) is 12.3 Å². The molecule has 0 aliphatic heterocycles. The highest BCUT2D eigenvalue weighted by Crippen LogP contribution is 2.38. The third-order valence-corrected chi connectivity index (χ3v) is 5.44. The molecule has 4 nitrogen and oxygen atoms in total. The minimum Gasteiger partial charge on any atom is -0.408 e. The number of aryl methyl sites for hydroxylation is 2. The summed E-state index contributed by atoms with van der Waals surface area (Å²) < 4.78 is 14.4. The first kappa shape index (κ1) is 22.1. The maximum atomic E-state index is 6.37. The third kappa shape index (κ3) is 6.45. The first-order chi connectivity index (χ1) is 12.7. The number of nitrogens with zero attached hydrogens (tertiary/aromatic N) is 2. The fourth-order valence-electron chi connectivity index (χ4n) is 3.02. The summed E-state index contributed by atoms with van der Waals surface area (Å²) in [6, 6.07) is 7.81. The van der Waals surface area contributed by atoms with Crippen LogP contribution >= 0.6 is 11.6 Å². The van der Waals surface area contributed by atoms with Gasteiger partial charge in [-0.25, -0.2) is 4.98 Å². The first-order valence-electron chi connectivity index (χ1n) is 9.49. The van der Waals surface area contributed by atoms with Crippen molar-refractivity contribution in [2.45, 2.75) is 66.5 Å². The van der Waals surface area contributed by atoms with Gasteiger partial charge in [0.05, 0.1) is 30.4 Å². The molecule has 1 radical (unpaired) electrons. The number of benzene rings is 1. The van der Waals surface area contributed by atoms with E-state index < -0.39 is 9.04 Å². The molecule has 0 amide bonds. The van der Waals surface area contributed by atoms with Gasteiger partial charge >= 0.3 is 0 Å². The molecule has 6 heteroatoms. The van der Waals surface area contributed by atoms with E-state index in [1.165, 1.54) is 5.69 Å². The predicted molar refractivity (Wildman–Crippen MR) is 113 cm³/mol. The van der Waals surface area contributed by atoms with Gasteiger partial charge in [0.25, 0.3) is 0 Å². The molecular weight excluding hydrogens is 376 g/mol. The molecule has 2 rings (SSSR count). The number of imidazole rings is 1. The standard InChI is InChI=1S/C21H32ClN2O2Si/c1-16-19(20(21(2,3)4)26-27(5)6)24(15-23-16)12-9-13-25-14-17-10-7-8-11-18(17)22/h7-8,10-11,15,20H,9,12-14H2,1-6H3. The molecule has 1 atom stereocenters. The Morgan fingerprint density at radius 2 is 1.93 bits per heavy atom. The molecule has 27 heavy (non-hydrogen) atoms. The lowest BCUT2D eigenvalue weighted by molar-refractivity contribution is 0.0769. The molecule has 0 fully saturated rings. The molecule has 0 bridgehead atoms. The number of hydrogen-bond acceptors (Lipinski definition) is 3. The highest BCUT2D eigenvalue weighted by molar-refractivity contribution is 6.48. The molecule has 149 valence electrons. The summed E-state index contributed by atoms with van der Waals surface area (Å²) in [6.45, 7) is 15.2. The van der Waals surface area contributed by atoms with Crippen LogP contribution in [0.2, 0.25) is 18.1 Å². The monoisotopic (exact) mass is 407 g/mol. The normalized spacial score (nSPS) is 13.3. The topological polar surface area (TPSA) is 36.3 Å². The van der Waals surface area contributed by atoms with Gasteiger partial charge in [0.2, 0.25) is 9.04 Å². The molecule has 1 heterocycles.